The first-order chi connectivity index (χ1) is 13.8. The lowest BCUT2D eigenvalue weighted by molar-refractivity contribution is 0.394. The van der Waals surface area contributed by atoms with Gasteiger partial charge in [-0.1, -0.05) is 23.9 Å². The van der Waals surface area contributed by atoms with E-state index < -0.39 is 10.0 Å². The van der Waals surface area contributed by atoms with Gasteiger partial charge in [0.25, 0.3) is 5.22 Å². The lowest BCUT2D eigenvalue weighted by Crippen LogP contribution is -2.22. The summed E-state index contributed by atoms with van der Waals surface area (Å²) in [6.45, 7) is 0. The molecule has 154 valence electrons. The van der Waals surface area contributed by atoms with Crippen LogP contribution in [0.2, 0.25) is 0 Å². The molecule has 2 aromatic carbocycles. The highest BCUT2D eigenvalue weighted by molar-refractivity contribution is 7.98. The summed E-state index contributed by atoms with van der Waals surface area (Å²) in [7, 11) is 2.67. The molecule has 0 fully saturated rings. The number of benzene rings is 2. The number of thioether (sulfide) groups is 1. The van der Waals surface area contributed by atoms with Crippen molar-refractivity contribution in [2.45, 2.75) is 15.9 Å². The number of methoxy groups -OCH3 is 2. The SMILES string of the molecule is COc1cc(OC)cc(-c2nnc(SCc3cccc(S(=O)(=O)N(C)C)c3)o2)c1. The van der Waals surface area contributed by atoms with E-state index in [9.17, 15) is 8.42 Å². The van der Waals surface area contributed by atoms with Crippen LogP contribution in [0.3, 0.4) is 0 Å². The normalized spacial score (nSPS) is 11.6. The second-order valence-corrected chi connectivity index (χ2v) is 9.28. The number of rotatable bonds is 8. The van der Waals surface area contributed by atoms with E-state index >= 15 is 0 Å². The number of nitrogens with zero attached hydrogens (tertiary/aromatic N) is 3. The Morgan fingerprint density at radius 2 is 1.72 bits per heavy atom. The summed E-state index contributed by atoms with van der Waals surface area (Å²) in [5, 5.41) is 8.51. The van der Waals surface area contributed by atoms with Gasteiger partial charge in [-0.3, -0.25) is 0 Å². The number of hydrogen-bond donors (Lipinski definition) is 0. The molecular weight excluding hydrogens is 414 g/mol. The third-order valence-electron chi connectivity index (χ3n) is 4.04. The molecule has 3 rings (SSSR count). The first kappa shape index (κ1) is 21.2. The molecule has 29 heavy (non-hydrogen) atoms. The van der Waals surface area contributed by atoms with Crippen molar-refractivity contribution in [1.82, 2.24) is 14.5 Å². The third kappa shape index (κ3) is 4.89. The van der Waals surface area contributed by atoms with Gasteiger partial charge < -0.3 is 13.9 Å². The van der Waals surface area contributed by atoms with Crippen molar-refractivity contribution in [3.8, 4) is 23.0 Å². The van der Waals surface area contributed by atoms with Crippen LogP contribution in [0.25, 0.3) is 11.5 Å². The van der Waals surface area contributed by atoms with Gasteiger partial charge in [-0.05, 0) is 29.8 Å². The Hall–Kier alpha value is -2.56. The summed E-state index contributed by atoms with van der Waals surface area (Å²) < 4.78 is 42.0. The Bertz CT molecular complexity index is 1070. The second kappa shape index (κ2) is 8.85. The Kier molecular flexibility index (Phi) is 6.46. The van der Waals surface area contributed by atoms with Crippen molar-refractivity contribution in [3.63, 3.8) is 0 Å². The van der Waals surface area contributed by atoms with Gasteiger partial charge in [0, 0.05) is 31.5 Å². The predicted octanol–water partition coefficient (Wildman–Crippen LogP) is 3.30. The van der Waals surface area contributed by atoms with Crippen molar-refractivity contribution in [1.29, 1.82) is 0 Å². The molecule has 1 aromatic heterocycles. The van der Waals surface area contributed by atoms with Gasteiger partial charge in [-0.15, -0.1) is 10.2 Å². The molecule has 0 aliphatic heterocycles. The number of ether oxygens (including phenoxy) is 2. The zero-order valence-corrected chi connectivity index (χ0v) is 18.1. The van der Waals surface area contributed by atoms with Crippen molar-refractivity contribution in [2.75, 3.05) is 28.3 Å². The molecule has 0 saturated carbocycles. The zero-order chi connectivity index (χ0) is 21.0. The van der Waals surface area contributed by atoms with Crippen molar-refractivity contribution in [3.05, 3.63) is 48.0 Å². The fourth-order valence-electron chi connectivity index (χ4n) is 2.47. The molecule has 0 spiro atoms. The van der Waals surface area contributed by atoms with E-state index in [1.54, 1.807) is 50.6 Å². The van der Waals surface area contributed by atoms with Crippen LogP contribution in [0.1, 0.15) is 5.56 Å². The minimum atomic E-state index is -3.48. The Labute approximate surface area is 173 Å². The monoisotopic (exact) mass is 435 g/mol. The minimum absolute atomic E-state index is 0.246. The highest BCUT2D eigenvalue weighted by atomic mass is 32.2. The highest BCUT2D eigenvalue weighted by Gasteiger charge is 2.17. The van der Waals surface area contributed by atoms with Gasteiger partial charge in [-0.2, -0.15) is 0 Å². The molecule has 0 aliphatic rings. The van der Waals surface area contributed by atoms with Gasteiger partial charge in [0.1, 0.15) is 11.5 Å². The average Bonchev–Trinajstić information content (AvgIpc) is 3.21. The summed E-state index contributed by atoms with van der Waals surface area (Å²) in [5.74, 6) is 2.06. The number of hydrogen-bond acceptors (Lipinski definition) is 8. The van der Waals surface area contributed by atoms with E-state index in [1.165, 1.54) is 30.2 Å². The van der Waals surface area contributed by atoms with Gasteiger partial charge in [0.05, 0.1) is 19.1 Å². The zero-order valence-electron chi connectivity index (χ0n) is 16.4. The Balaban J connectivity index is 1.75. The van der Waals surface area contributed by atoms with E-state index in [2.05, 4.69) is 10.2 Å². The van der Waals surface area contributed by atoms with Crippen LogP contribution in [0.5, 0.6) is 11.5 Å². The smallest absolute Gasteiger partial charge is 0.277 e. The molecule has 0 N–H and O–H groups in total. The maximum absolute atomic E-state index is 12.3. The van der Waals surface area contributed by atoms with Crippen LogP contribution in [0, 0.1) is 0 Å². The molecule has 3 aromatic rings. The topological polar surface area (TPSA) is 94.8 Å². The summed E-state index contributed by atoms with van der Waals surface area (Å²) in [4.78, 5) is 0.246. The van der Waals surface area contributed by atoms with Crippen LogP contribution in [-0.2, 0) is 15.8 Å². The summed E-state index contributed by atoms with van der Waals surface area (Å²) in [6.07, 6.45) is 0. The fraction of sp³-hybridized carbons (Fsp3) is 0.263. The number of aromatic nitrogens is 2. The summed E-state index contributed by atoms with van der Waals surface area (Å²) >= 11 is 1.33. The van der Waals surface area contributed by atoms with Crippen molar-refractivity contribution < 1.29 is 22.3 Å². The predicted molar refractivity (Wildman–Crippen MR) is 110 cm³/mol. The lowest BCUT2D eigenvalue weighted by Gasteiger charge is -2.11. The van der Waals surface area contributed by atoms with E-state index in [-0.39, 0.29) is 4.90 Å². The van der Waals surface area contributed by atoms with Gasteiger partial charge in [0.15, 0.2) is 0 Å². The number of sulfonamides is 1. The molecule has 1 heterocycles. The van der Waals surface area contributed by atoms with Crippen molar-refractivity contribution >= 4 is 21.8 Å². The third-order valence-corrected chi connectivity index (χ3v) is 6.74. The van der Waals surface area contributed by atoms with Crippen LogP contribution >= 0.6 is 11.8 Å². The quantitative estimate of drug-likeness (QED) is 0.498. The molecule has 0 atom stereocenters. The maximum Gasteiger partial charge on any atom is 0.277 e. The maximum atomic E-state index is 12.3. The van der Waals surface area contributed by atoms with Crippen LogP contribution in [0.4, 0.5) is 0 Å². The van der Waals surface area contributed by atoms with E-state index in [0.717, 1.165) is 5.56 Å². The Morgan fingerprint density at radius 3 is 2.34 bits per heavy atom. The molecule has 0 bridgehead atoms. The van der Waals surface area contributed by atoms with E-state index in [1.807, 2.05) is 6.07 Å². The Morgan fingerprint density at radius 1 is 1.03 bits per heavy atom. The lowest BCUT2D eigenvalue weighted by atomic mass is 10.2. The molecular formula is C19H21N3O5S2. The summed E-state index contributed by atoms with van der Waals surface area (Å²) in [5.41, 5.74) is 1.51. The van der Waals surface area contributed by atoms with Crippen LogP contribution in [-0.4, -0.2) is 51.2 Å². The van der Waals surface area contributed by atoms with Gasteiger partial charge >= 0.3 is 0 Å². The first-order valence-corrected chi connectivity index (χ1v) is 11.0. The fourth-order valence-corrected chi connectivity index (χ4v) is 4.15. The molecule has 0 aliphatic carbocycles. The molecule has 8 nitrogen and oxygen atoms in total. The van der Waals surface area contributed by atoms with Crippen LogP contribution < -0.4 is 9.47 Å². The standard InChI is InChI=1S/C19H21N3O5S2/c1-22(2)29(23,24)17-7-5-6-13(8-17)12-28-19-21-20-18(27-19)14-9-15(25-3)11-16(10-14)26-4/h5-11H,12H2,1-4H3. The molecule has 10 heteroatoms. The second-order valence-electron chi connectivity index (χ2n) is 6.20. The first-order valence-electron chi connectivity index (χ1n) is 8.54. The van der Waals surface area contributed by atoms with Gasteiger partial charge in [-0.25, -0.2) is 12.7 Å². The highest BCUT2D eigenvalue weighted by Crippen LogP contribution is 2.31. The van der Waals surface area contributed by atoms with E-state index in [0.29, 0.717) is 33.9 Å². The average molecular weight is 436 g/mol. The molecule has 0 unspecified atom stereocenters. The minimum Gasteiger partial charge on any atom is -0.497 e. The van der Waals surface area contributed by atoms with Crippen molar-refractivity contribution in [2.24, 2.45) is 0 Å². The van der Waals surface area contributed by atoms with Gasteiger partial charge in [0.2, 0.25) is 15.9 Å². The summed E-state index contributed by atoms with van der Waals surface area (Å²) in [6, 6.07) is 12.1. The van der Waals surface area contributed by atoms with Crippen LogP contribution in [0.15, 0.2) is 57.0 Å². The molecule has 0 amide bonds. The van der Waals surface area contributed by atoms with E-state index in [4.69, 9.17) is 13.9 Å². The largest absolute Gasteiger partial charge is 0.497 e. The molecule has 0 radical (unpaired) electrons. The molecule has 0 saturated heterocycles.